The quantitative estimate of drug-likeness (QED) is 0.507. The molecule has 0 aromatic heterocycles. The van der Waals surface area contributed by atoms with E-state index >= 15 is 0 Å². The molecule has 0 heterocycles. The summed E-state index contributed by atoms with van der Waals surface area (Å²) < 4.78 is 0. The van der Waals surface area contributed by atoms with Gasteiger partial charge in [-0.05, 0) is 26.9 Å². The maximum absolute atomic E-state index is 5.56. The molecule has 0 rings (SSSR count). The SMILES string of the molecule is CCCCCCN(C)C(C)C(N)=S. The monoisotopic (exact) mass is 202 g/mol. The second-order valence-electron chi connectivity index (χ2n) is 3.62. The van der Waals surface area contributed by atoms with Gasteiger partial charge >= 0.3 is 0 Å². The van der Waals surface area contributed by atoms with Gasteiger partial charge in [0.05, 0.1) is 11.0 Å². The normalized spacial score (nSPS) is 13.2. The van der Waals surface area contributed by atoms with Gasteiger partial charge in [0.1, 0.15) is 0 Å². The first kappa shape index (κ1) is 12.8. The molecule has 0 saturated carbocycles. The fourth-order valence-corrected chi connectivity index (χ4v) is 1.38. The molecule has 1 atom stereocenters. The Labute approximate surface area is 87.5 Å². The van der Waals surface area contributed by atoms with E-state index < -0.39 is 0 Å². The standard InChI is InChI=1S/C10H22N2S/c1-4-5-6-7-8-12(3)9(2)10(11)13/h9H,4-8H2,1-3H3,(H2,11,13). The van der Waals surface area contributed by atoms with Crippen LogP contribution in [0.2, 0.25) is 0 Å². The number of nitrogens with two attached hydrogens (primary N) is 1. The van der Waals surface area contributed by atoms with Crippen molar-refractivity contribution in [3.05, 3.63) is 0 Å². The predicted octanol–water partition coefficient (Wildman–Crippen LogP) is 2.17. The molecule has 0 saturated heterocycles. The number of nitrogens with zero attached hydrogens (tertiary/aromatic N) is 1. The maximum atomic E-state index is 5.56. The maximum Gasteiger partial charge on any atom is 0.0899 e. The lowest BCUT2D eigenvalue weighted by Gasteiger charge is -2.23. The summed E-state index contributed by atoms with van der Waals surface area (Å²) in [6, 6.07) is 0.233. The van der Waals surface area contributed by atoms with Crippen LogP contribution in [-0.2, 0) is 0 Å². The highest BCUT2D eigenvalue weighted by Crippen LogP contribution is 2.03. The van der Waals surface area contributed by atoms with E-state index in [1.165, 1.54) is 25.7 Å². The molecule has 0 aliphatic carbocycles. The van der Waals surface area contributed by atoms with E-state index in [-0.39, 0.29) is 6.04 Å². The zero-order valence-corrected chi connectivity index (χ0v) is 9.86. The van der Waals surface area contributed by atoms with Crippen LogP contribution in [0.3, 0.4) is 0 Å². The number of likely N-dealkylation sites (N-methyl/N-ethyl adjacent to an activating group) is 1. The smallest absolute Gasteiger partial charge is 0.0899 e. The van der Waals surface area contributed by atoms with Crippen molar-refractivity contribution in [2.45, 2.75) is 45.6 Å². The van der Waals surface area contributed by atoms with Crippen LogP contribution in [-0.4, -0.2) is 29.5 Å². The number of hydrogen-bond acceptors (Lipinski definition) is 2. The van der Waals surface area contributed by atoms with Crippen LogP contribution in [0.5, 0.6) is 0 Å². The van der Waals surface area contributed by atoms with Gasteiger partial charge in [-0.1, -0.05) is 38.4 Å². The first-order chi connectivity index (χ1) is 6.09. The summed E-state index contributed by atoms with van der Waals surface area (Å²) in [6.07, 6.45) is 5.17. The Bertz CT molecular complexity index is 148. The summed E-state index contributed by atoms with van der Waals surface area (Å²) >= 11 is 4.93. The van der Waals surface area contributed by atoms with Crippen LogP contribution < -0.4 is 5.73 Å². The summed E-state index contributed by atoms with van der Waals surface area (Å²) in [4.78, 5) is 2.82. The van der Waals surface area contributed by atoms with Gasteiger partial charge in [-0.25, -0.2) is 0 Å². The highest BCUT2D eigenvalue weighted by molar-refractivity contribution is 7.80. The molecule has 0 bridgehead atoms. The fourth-order valence-electron chi connectivity index (χ4n) is 1.20. The van der Waals surface area contributed by atoms with E-state index in [1.807, 2.05) is 0 Å². The van der Waals surface area contributed by atoms with Gasteiger partial charge in [0.15, 0.2) is 0 Å². The van der Waals surface area contributed by atoms with E-state index in [2.05, 4.69) is 25.8 Å². The Morgan fingerprint density at radius 3 is 2.46 bits per heavy atom. The summed E-state index contributed by atoms with van der Waals surface area (Å²) in [5.41, 5.74) is 5.56. The van der Waals surface area contributed by atoms with E-state index in [1.54, 1.807) is 0 Å². The summed E-state index contributed by atoms with van der Waals surface area (Å²) in [6.45, 7) is 5.38. The average molecular weight is 202 g/mol. The summed E-state index contributed by atoms with van der Waals surface area (Å²) in [7, 11) is 2.08. The summed E-state index contributed by atoms with van der Waals surface area (Å²) in [5, 5.41) is 0. The Morgan fingerprint density at radius 2 is 2.00 bits per heavy atom. The van der Waals surface area contributed by atoms with Crippen LogP contribution in [0.4, 0.5) is 0 Å². The fraction of sp³-hybridized carbons (Fsp3) is 0.900. The van der Waals surface area contributed by atoms with Crippen molar-refractivity contribution in [3.63, 3.8) is 0 Å². The first-order valence-electron chi connectivity index (χ1n) is 5.09. The van der Waals surface area contributed by atoms with Gasteiger partial charge < -0.3 is 5.73 Å². The average Bonchev–Trinajstić information content (AvgIpc) is 2.10. The third kappa shape index (κ3) is 5.99. The van der Waals surface area contributed by atoms with Crippen molar-refractivity contribution in [2.24, 2.45) is 5.73 Å². The number of unbranched alkanes of at least 4 members (excludes halogenated alkanes) is 3. The Morgan fingerprint density at radius 1 is 1.38 bits per heavy atom. The Balaban J connectivity index is 3.50. The van der Waals surface area contributed by atoms with E-state index in [9.17, 15) is 0 Å². The van der Waals surface area contributed by atoms with Crippen LogP contribution >= 0.6 is 12.2 Å². The topological polar surface area (TPSA) is 29.3 Å². The van der Waals surface area contributed by atoms with Crippen molar-refractivity contribution >= 4 is 17.2 Å². The highest BCUT2D eigenvalue weighted by Gasteiger charge is 2.10. The molecule has 3 heteroatoms. The molecule has 2 nitrogen and oxygen atoms in total. The molecule has 0 aromatic rings. The van der Waals surface area contributed by atoms with Crippen LogP contribution in [0.25, 0.3) is 0 Å². The van der Waals surface area contributed by atoms with Crippen LogP contribution in [0.15, 0.2) is 0 Å². The number of thiocarbonyl (C=S) groups is 1. The van der Waals surface area contributed by atoms with Gasteiger partial charge in [0.25, 0.3) is 0 Å². The first-order valence-corrected chi connectivity index (χ1v) is 5.50. The van der Waals surface area contributed by atoms with E-state index in [0.29, 0.717) is 4.99 Å². The van der Waals surface area contributed by atoms with Crippen molar-refractivity contribution in [2.75, 3.05) is 13.6 Å². The van der Waals surface area contributed by atoms with Gasteiger partial charge in [-0.15, -0.1) is 0 Å². The van der Waals surface area contributed by atoms with Gasteiger partial charge in [0.2, 0.25) is 0 Å². The molecule has 0 aliphatic heterocycles. The second kappa shape index (κ2) is 7.27. The minimum absolute atomic E-state index is 0.233. The predicted molar refractivity (Wildman–Crippen MR) is 63.0 cm³/mol. The molecule has 13 heavy (non-hydrogen) atoms. The molecular weight excluding hydrogens is 180 g/mol. The summed E-state index contributed by atoms with van der Waals surface area (Å²) in [5.74, 6) is 0. The molecule has 2 N–H and O–H groups in total. The molecule has 0 aliphatic rings. The lowest BCUT2D eigenvalue weighted by Crippen LogP contribution is -2.39. The minimum Gasteiger partial charge on any atom is -0.392 e. The molecule has 0 radical (unpaired) electrons. The lowest BCUT2D eigenvalue weighted by atomic mass is 10.2. The molecule has 0 aromatic carbocycles. The highest BCUT2D eigenvalue weighted by atomic mass is 32.1. The molecule has 78 valence electrons. The Kier molecular flexibility index (Phi) is 7.19. The third-order valence-corrected chi connectivity index (χ3v) is 2.78. The largest absolute Gasteiger partial charge is 0.392 e. The lowest BCUT2D eigenvalue weighted by molar-refractivity contribution is 0.303. The number of hydrogen-bond donors (Lipinski definition) is 1. The zero-order chi connectivity index (χ0) is 10.3. The van der Waals surface area contributed by atoms with E-state index in [4.69, 9.17) is 18.0 Å². The van der Waals surface area contributed by atoms with Gasteiger partial charge in [-0.3, -0.25) is 4.90 Å². The number of rotatable bonds is 7. The van der Waals surface area contributed by atoms with Gasteiger partial charge in [-0.2, -0.15) is 0 Å². The van der Waals surface area contributed by atoms with Gasteiger partial charge in [0, 0.05) is 0 Å². The van der Waals surface area contributed by atoms with Crippen molar-refractivity contribution in [1.29, 1.82) is 0 Å². The molecule has 0 amide bonds. The van der Waals surface area contributed by atoms with Crippen LogP contribution in [0.1, 0.15) is 39.5 Å². The third-order valence-electron chi connectivity index (χ3n) is 2.44. The van der Waals surface area contributed by atoms with Crippen molar-refractivity contribution in [1.82, 2.24) is 4.90 Å². The second-order valence-corrected chi connectivity index (χ2v) is 4.09. The minimum atomic E-state index is 0.233. The molecular formula is C10H22N2S. The van der Waals surface area contributed by atoms with E-state index in [0.717, 1.165) is 6.54 Å². The molecule has 1 unspecified atom stereocenters. The zero-order valence-electron chi connectivity index (χ0n) is 9.05. The van der Waals surface area contributed by atoms with Crippen molar-refractivity contribution < 1.29 is 0 Å². The molecule has 0 spiro atoms. The molecule has 0 fully saturated rings. The Hall–Kier alpha value is -0.150. The van der Waals surface area contributed by atoms with Crippen LogP contribution in [0, 0.1) is 0 Å². The van der Waals surface area contributed by atoms with Crippen molar-refractivity contribution in [3.8, 4) is 0 Å².